The molecule has 0 N–H and O–H groups in total. The number of fused-ring (bicyclic) bond motifs is 3. The second-order valence-electron chi connectivity index (χ2n) is 12.6. The van der Waals surface area contributed by atoms with E-state index in [1.807, 2.05) is 6.08 Å². The maximum Gasteiger partial charge on any atom is 0.453 e. The normalized spacial score (nSPS) is 47.8. The first-order valence-corrected chi connectivity index (χ1v) is 12.3. The van der Waals surface area contributed by atoms with Gasteiger partial charge in [0.25, 0.3) is 0 Å². The number of rotatable bonds is 1. The smallest absolute Gasteiger partial charge is 0.358 e. The summed E-state index contributed by atoms with van der Waals surface area (Å²) in [6, 6.07) is 0. The van der Waals surface area contributed by atoms with Crippen molar-refractivity contribution in [3.05, 3.63) is 11.6 Å². The molecule has 3 nitrogen and oxygen atoms in total. The van der Waals surface area contributed by atoms with Crippen LogP contribution in [0.25, 0.3) is 0 Å². The number of halogens is 5. The quantitative estimate of drug-likeness (QED) is 0.249. The maximum absolute atomic E-state index is 14.5. The van der Waals surface area contributed by atoms with Gasteiger partial charge >= 0.3 is 12.1 Å². The van der Waals surface area contributed by atoms with E-state index in [-0.39, 0.29) is 35.7 Å². The van der Waals surface area contributed by atoms with E-state index in [4.69, 9.17) is 14.2 Å². The summed E-state index contributed by atoms with van der Waals surface area (Å²) in [7, 11) is 0. The molecule has 8 heteroatoms. The van der Waals surface area contributed by atoms with E-state index >= 15 is 0 Å². The molecule has 6 aliphatic rings. The predicted octanol–water partition coefficient (Wildman–Crippen LogP) is 6.42. The molecule has 2 aliphatic heterocycles. The van der Waals surface area contributed by atoms with Gasteiger partial charge < -0.3 is 14.2 Å². The zero-order chi connectivity index (χ0) is 23.7. The fourth-order valence-electron chi connectivity index (χ4n) is 8.37. The topological polar surface area (TPSA) is 31.0 Å². The molecule has 186 valence electrons. The first-order valence-electron chi connectivity index (χ1n) is 12.3. The standard InChI is InChI=1S/C25H33F5O3/c1-19(2)13-31-22(32-14-19)10-11-23-17-7-8-20(3)16(15(17)6-9-21(23,12-22)33-23)4-5-18(20)24(26,27)25(28,29)30/h7,15-16,18H,4-6,8-14H2,1-3H3/t15?,16?,18-,20+,21-,23-/m1/s1. The molecule has 0 amide bonds. The summed E-state index contributed by atoms with van der Waals surface area (Å²) >= 11 is 0. The minimum absolute atomic E-state index is 0.0205. The van der Waals surface area contributed by atoms with Crippen LogP contribution in [0.5, 0.6) is 0 Å². The van der Waals surface area contributed by atoms with Gasteiger partial charge in [-0.3, -0.25) is 0 Å². The Balaban J connectivity index is 1.27. The van der Waals surface area contributed by atoms with Crippen LogP contribution in [0.1, 0.15) is 72.1 Å². The van der Waals surface area contributed by atoms with Gasteiger partial charge in [-0.1, -0.05) is 26.8 Å². The lowest BCUT2D eigenvalue weighted by Crippen LogP contribution is -2.57. The van der Waals surface area contributed by atoms with Gasteiger partial charge in [-0.2, -0.15) is 22.0 Å². The highest BCUT2D eigenvalue weighted by molar-refractivity contribution is 5.43. The zero-order valence-electron chi connectivity index (χ0n) is 19.5. The molecule has 0 aromatic carbocycles. The second kappa shape index (κ2) is 6.33. The van der Waals surface area contributed by atoms with Crippen molar-refractivity contribution in [2.24, 2.45) is 28.6 Å². The van der Waals surface area contributed by atoms with Crippen molar-refractivity contribution in [3.8, 4) is 0 Å². The largest absolute Gasteiger partial charge is 0.453 e. The van der Waals surface area contributed by atoms with Crippen molar-refractivity contribution in [1.82, 2.24) is 0 Å². The van der Waals surface area contributed by atoms with Gasteiger partial charge in [0, 0.05) is 24.2 Å². The van der Waals surface area contributed by atoms with Crippen LogP contribution >= 0.6 is 0 Å². The summed E-state index contributed by atoms with van der Waals surface area (Å²) in [6.45, 7) is 7.17. The Labute approximate surface area is 191 Å². The van der Waals surface area contributed by atoms with E-state index in [1.165, 1.54) is 0 Å². The zero-order valence-corrected chi connectivity index (χ0v) is 19.5. The third-order valence-electron chi connectivity index (χ3n) is 10.1. The molecule has 33 heavy (non-hydrogen) atoms. The maximum atomic E-state index is 14.5. The van der Waals surface area contributed by atoms with E-state index in [0.717, 1.165) is 24.8 Å². The van der Waals surface area contributed by atoms with Crippen LogP contribution in [0, 0.1) is 28.6 Å². The summed E-state index contributed by atoms with van der Waals surface area (Å²) in [6.07, 6.45) is 0.743. The molecule has 5 fully saturated rings. The molecule has 2 unspecified atom stereocenters. The monoisotopic (exact) mass is 476 g/mol. The van der Waals surface area contributed by atoms with Crippen LogP contribution in [0.2, 0.25) is 0 Å². The Hall–Kier alpha value is -0.730. The van der Waals surface area contributed by atoms with Gasteiger partial charge in [-0.25, -0.2) is 0 Å². The highest BCUT2D eigenvalue weighted by atomic mass is 19.4. The molecule has 2 saturated heterocycles. The number of hydrogen-bond donors (Lipinski definition) is 0. The Kier molecular flexibility index (Phi) is 4.36. The molecule has 0 aromatic rings. The fraction of sp³-hybridized carbons (Fsp3) is 0.920. The summed E-state index contributed by atoms with van der Waals surface area (Å²) in [5, 5.41) is 0. The van der Waals surface area contributed by atoms with E-state index in [9.17, 15) is 22.0 Å². The van der Waals surface area contributed by atoms with Crippen molar-refractivity contribution in [1.29, 1.82) is 0 Å². The van der Waals surface area contributed by atoms with Crippen LogP contribution in [-0.2, 0) is 14.2 Å². The summed E-state index contributed by atoms with van der Waals surface area (Å²) in [5.74, 6) is -7.09. The van der Waals surface area contributed by atoms with Gasteiger partial charge in [-0.15, -0.1) is 0 Å². The highest BCUT2D eigenvalue weighted by Gasteiger charge is 2.80. The van der Waals surface area contributed by atoms with Crippen molar-refractivity contribution in [3.63, 3.8) is 0 Å². The number of epoxide rings is 1. The van der Waals surface area contributed by atoms with Crippen LogP contribution < -0.4 is 0 Å². The van der Waals surface area contributed by atoms with E-state index in [2.05, 4.69) is 13.8 Å². The Morgan fingerprint density at radius 2 is 1.61 bits per heavy atom. The second-order valence-corrected chi connectivity index (χ2v) is 12.6. The third kappa shape index (κ3) is 2.83. The molecule has 2 heterocycles. The van der Waals surface area contributed by atoms with Crippen LogP contribution in [0.4, 0.5) is 22.0 Å². The molecule has 0 radical (unpaired) electrons. The number of alkyl halides is 5. The van der Waals surface area contributed by atoms with Crippen molar-refractivity contribution in [2.75, 3.05) is 13.2 Å². The van der Waals surface area contributed by atoms with Crippen molar-refractivity contribution in [2.45, 2.75) is 101 Å². The molecule has 6 rings (SSSR count). The Bertz CT molecular complexity index is 887. The van der Waals surface area contributed by atoms with Gasteiger partial charge in [0.05, 0.1) is 13.2 Å². The van der Waals surface area contributed by atoms with Gasteiger partial charge in [0.15, 0.2) is 5.79 Å². The van der Waals surface area contributed by atoms with Crippen LogP contribution in [0.15, 0.2) is 11.6 Å². The first kappa shape index (κ1) is 22.7. The number of ether oxygens (including phenoxy) is 3. The van der Waals surface area contributed by atoms with Crippen LogP contribution in [0.3, 0.4) is 0 Å². The van der Waals surface area contributed by atoms with Gasteiger partial charge in [0.1, 0.15) is 11.2 Å². The molecule has 6 atom stereocenters. The number of allylic oxidation sites excluding steroid dienone is 1. The lowest BCUT2D eigenvalue weighted by Gasteiger charge is -2.52. The van der Waals surface area contributed by atoms with Gasteiger partial charge in [-0.05, 0) is 61.3 Å². The SMILES string of the molecule is CC1(C)COC2(CC[C@]34O[C@]3(CCC3C4=CC[C@@]4(C)C3CC[C@H]4C(F)(F)C(F)(F)F)C2)OC1. The molecule has 0 bridgehead atoms. The molecule has 3 saturated carbocycles. The molecular formula is C25H33F5O3. The third-order valence-corrected chi connectivity index (χ3v) is 10.1. The molecule has 0 aromatic heterocycles. The number of hydrogen-bond acceptors (Lipinski definition) is 3. The van der Waals surface area contributed by atoms with Crippen LogP contribution in [-0.4, -0.2) is 42.3 Å². The minimum Gasteiger partial charge on any atom is -0.358 e. The Morgan fingerprint density at radius 1 is 0.909 bits per heavy atom. The van der Waals surface area contributed by atoms with E-state index < -0.39 is 34.8 Å². The summed E-state index contributed by atoms with van der Waals surface area (Å²) in [5.41, 5.74) is -0.662. The summed E-state index contributed by atoms with van der Waals surface area (Å²) < 4.78 is 87.8. The average molecular weight is 477 g/mol. The lowest BCUT2D eigenvalue weighted by molar-refractivity contribution is -0.315. The fourth-order valence-corrected chi connectivity index (χ4v) is 8.37. The van der Waals surface area contributed by atoms with Crippen molar-refractivity contribution >= 4 is 0 Å². The average Bonchev–Trinajstić information content (AvgIpc) is 3.27. The molecule has 4 aliphatic carbocycles. The summed E-state index contributed by atoms with van der Waals surface area (Å²) in [4.78, 5) is 0. The molecular weight excluding hydrogens is 443 g/mol. The van der Waals surface area contributed by atoms with Crippen molar-refractivity contribution < 1.29 is 36.2 Å². The van der Waals surface area contributed by atoms with Gasteiger partial charge in [0.2, 0.25) is 0 Å². The van der Waals surface area contributed by atoms with E-state index in [0.29, 0.717) is 32.5 Å². The lowest BCUT2D eigenvalue weighted by atomic mass is 9.53. The minimum atomic E-state index is -5.51. The van der Waals surface area contributed by atoms with E-state index in [1.54, 1.807) is 6.92 Å². The Morgan fingerprint density at radius 3 is 2.27 bits per heavy atom. The highest BCUT2D eigenvalue weighted by Crippen LogP contribution is 2.74. The first-order chi connectivity index (χ1) is 15.2. The molecule has 1 spiro atoms. The predicted molar refractivity (Wildman–Crippen MR) is 110 cm³/mol.